The van der Waals surface area contributed by atoms with Crippen molar-refractivity contribution < 1.29 is 43.5 Å². The molecule has 2 aliphatic carbocycles. The van der Waals surface area contributed by atoms with Gasteiger partial charge in [0.25, 0.3) is 0 Å². The molecule has 1 saturated carbocycles. The highest BCUT2D eigenvalue weighted by molar-refractivity contribution is 5.88. The molecule has 0 radical (unpaired) electrons. The van der Waals surface area contributed by atoms with Gasteiger partial charge in [-0.2, -0.15) is 0 Å². The zero-order valence-corrected chi connectivity index (χ0v) is 20.0. The third-order valence-electron chi connectivity index (χ3n) is 8.49. The zero-order valence-electron chi connectivity index (χ0n) is 20.0. The van der Waals surface area contributed by atoms with Gasteiger partial charge >= 0.3 is 17.9 Å². The van der Waals surface area contributed by atoms with Crippen molar-refractivity contribution in [2.45, 2.75) is 103 Å². The minimum absolute atomic E-state index is 0.136. The van der Waals surface area contributed by atoms with Crippen LogP contribution in [0, 0.1) is 17.3 Å². The van der Waals surface area contributed by atoms with Crippen molar-refractivity contribution >= 4 is 17.9 Å². The molecule has 0 unspecified atom stereocenters. The van der Waals surface area contributed by atoms with Crippen molar-refractivity contribution in [3.8, 4) is 0 Å². The van der Waals surface area contributed by atoms with Gasteiger partial charge in [-0.1, -0.05) is 19.4 Å². The van der Waals surface area contributed by atoms with Crippen LogP contribution in [0.1, 0.15) is 60.8 Å². The topological polar surface area (TPSA) is 132 Å². The molecule has 3 fully saturated rings. The highest BCUT2D eigenvalue weighted by Gasteiger charge is 2.86. The standard InChI is InChI=1S/C24H34O9/c1-11-7-8-16(30-13(3)25)22(5)17(31-14(4)26)10-15(27)12(2)19(22)20(28)24-18(9-11)32-21(29)23(24,6)33-24/h9,12,15-20,27-28H,7-8,10H2,1-6H3/b11-9-/t12-,15-,16-,17-,18-,19+,20+,22-,23-,24-/m0/s1. The van der Waals surface area contributed by atoms with E-state index in [4.69, 9.17) is 18.9 Å². The summed E-state index contributed by atoms with van der Waals surface area (Å²) in [7, 11) is 0. The van der Waals surface area contributed by atoms with E-state index in [2.05, 4.69) is 0 Å². The molecule has 0 aromatic carbocycles. The average molecular weight is 467 g/mol. The summed E-state index contributed by atoms with van der Waals surface area (Å²) in [6.07, 6.45) is -1.63. The quantitative estimate of drug-likeness (QED) is 0.268. The van der Waals surface area contributed by atoms with E-state index in [0.29, 0.717) is 12.8 Å². The maximum absolute atomic E-state index is 12.7. The summed E-state index contributed by atoms with van der Waals surface area (Å²) in [4.78, 5) is 36.8. The number of esters is 3. The van der Waals surface area contributed by atoms with E-state index >= 15 is 0 Å². The van der Waals surface area contributed by atoms with E-state index < -0.39 is 76.9 Å². The third-order valence-corrected chi connectivity index (χ3v) is 8.49. The van der Waals surface area contributed by atoms with E-state index in [9.17, 15) is 24.6 Å². The number of aliphatic hydroxyl groups excluding tert-OH is 2. The molecule has 9 nitrogen and oxygen atoms in total. The van der Waals surface area contributed by atoms with Crippen LogP contribution in [0.25, 0.3) is 0 Å². The number of allylic oxidation sites excluding steroid dienone is 1. The monoisotopic (exact) mass is 466 g/mol. The second kappa shape index (κ2) is 7.78. The van der Waals surface area contributed by atoms with Crippen LogP contribution in [0.4, 0.5) is 0 Å². The third kappa shape index (κ3) is 3.34. The van der Waals surface area contributed by atoms with Gasteiger partial charge in [-0.25, -0.2) is 4.79 Å². The van der Waals surface area contributed by atoms with Gasteiger partial charge < -0.3 is 29.2 Å². The summed E-state index contributed by atoms with van der Waals surface area (Å²) in [5.74, 6) is -2.78. The van der Waals surface area contributed by atoms with Crippen LogP contribution in [0.5, 0.6) is 0 Å². The lowest BCUT2D eigenvalue weighted by Crippen LogP contribution is -2.65. The van der Waals surface area contributed by atoms with Gasteiger partial charge in [0.2, 0.25) is 0 Å². The summed E-state index contributed by atoms with van der Waals surface area (Å²) >= 11 is 0. The molecular formula is C24H34O9. The molecule has 10 atom stereocenters. The van der Waals surface area contributed by atoms with Gasteiger partial charge in [-0.15, -0.1) is 0 Å². The summed E-state index contributed by atoms with van der Waals surface area (Å²) in [6.45, 7) is 9.72. The molecule has 2 N–H and O–H groups in total. The van der Waals surface area contributed by atoms with E-state index in [1.54, 1.807) is 13.0 Å². The largest absolute Gasteiger partial charge is 0.462 e. The zero-order chi connectivity index (χ0) is 24.5. The minimum atomic E-state index is -1.35. The maximum Gasteiger partial charge on any atom is 0.342 e. The lowest BCUT2D eigenvalue weighted by molar-refractivity contribution is -0.226. The molecule has 4 rings (SSSR count). The van der Waals surface area contributed by atoms with Gasteiger partial charge in [0.05, 0.1) is 12.2 Å². The Balaban J connectivity index is 1.91. The Morgan fingerprint density at radius 1 is 1.12 bits per heavy atom. The summed E-state index contributed by atoms with van der Waals surface area (Å²) in [5, 5.41) is 22.9. The van der Waals surface area contributed by atoms with Gasteiger partial charge in [0, 0.05) is 31.6 Å². The molecule has 2 saturated heterocycles. The Kier molecular flexibility index (Phi) is 5.70. The van der Waals surface area contributed by atoms with Gasteiger partial charge in [-0.05, 0) is 38.7 Å². The number of aliphatic hydroxyl groups is 2. The van der Waals surface area contributed by atoms with Crippen molar-refractivity contribution in [1.82, 2.24) is 0 Å². The SMILES string of the molecule is CC(=O)O[C@H]1CC/C(C)=C\[C@@H]2OC(=O)[C@]3(C)O[C@]23[C@H](O)[C@H]2[C@@H](C)[C@@H](O)C[C@H](OC(C)=O)[C@@]21C. The number of fused-ring (bicyclic) bond motifs is 1. The Morgan fingerprint density at radius 2 is 1.73 bits per heavy atom. The van der Waals surface area contributed by atoms with Crippen LogP contribution in [-0.4, -0.2) is 69.8 Å². The number of carbonyl (C=O) groups is 3. The molecule has 1 spiro atoms. The molecule has 33 heavy (non-hydrogen) atoms. The summed E-state index contributed by atoms with van der Waals surface area (Å²) in [5.41, 5.74) is -2.85. The molecule has 184 valence electrons. The van der Waals surface area contributed by atoms with Crippen LogP contribution in [0.15, 0.2) is 11.6 Å². The number of rotatable bonds is 2. The number of hydrogen-bond acceptors (Lipinski definition) is 9. The number of ether oxygens (including phenoxy) is 4. The van der Waals surface area contributed by atoms with E-state index in [-0.39, 0.29) is 6.42 Å². The fraction of sp³-hybridized carbons (Fsp3) is 0.792. The van der Waals surface area contributed by atoms with Crippen molar-refractivity contribution in [1.29, 1.82) is 0 Å². The highest BCUT2D eigenvalue weighted by atomic mass is 16.7. The molecular weight excluding hydrogens is 432 g/mol. The predicted octanol–water partition coefficient (Wildman–Crippen LogP) is 1.43. The van der Waals surface area contributed by atoms with Crippen molar-refractivity contribution in [3.63, 3.8) is 0 Å². The van der Waals surface area contributed by atoms with Crippen LogP contribution in [0.2, 0.25) is 0 Å². The van der Waals surface area contributed by atoms with Crippen LogP contribution in [0.3, 0.4) is 0 Å². The number of hydrogen-bond donors (Lipinski definition) is 2. The number of epoxide rings is 1. The lowest BCUT2D eigenvalue weighted by Gasteiger charge is -2.56. The van der Waals surface area contributed by atoms with E-state index in [1.807, 2.05) is 20.8 Å². The average Bonchev–Trinajstić information content (AvgIpc) is 3.30. The molecule has 2 aliphatic heterocycles. The first-order chi connectivity index (χ1) is 15.3. The Labute approximate surface area is 193 Å². The Morgan fingerprint density at radius 3 is 2.30 bits per heavy atom. The van der Waals surface area contributed by atoms with E-state index in [0.717, 1.165) is 5.57 Å². The fourth-order valence-electron chi connectivity index (χ4n) is 6.62. The second-order valence-electron chi connectivity index (χ2n) is 10.5. The fourth-order valence-corrected chi connectivity index (χ4v) is 6.62. The van der Waals surface area contributed by atoms with Crippen LogP contribution < -0.4 is 0 Å². The lowest BCUT2D eigenvalue weighted by atomic mass is 9.53. The second-order valence-corrected chi connectivity index (χ2v) is 10.5. The van der Waals surface area contributed by atoms with Gasteiger partial charge in [-0.3, -0.25) is 9.59 Å². The number of carbonyl (C=O) groups excluding carboxylic acids is 3. The smallest absolute Gasteiger partial charge is 0.342 e. The van der Waals surface area contributed by atoms with E-state index in [1.165, 1.54) is 13.8 Å². The Hall–Kier alpha value is -1.97. The maximum atomic E-state index is 12.7. The first kappa shape index (κ1) is 24.2. The van der Waals surface area contributed by atoms with Gasteiger partial charge in [0.15, 0.2) is 17.3 Å². The Bertz CT molecular complexity index is 898. The minimum Gasteiger partial charge on any atom is -0.462 e. The molecule has 4 aliphatic rings. The summed E-state index contributed by atoms with van der Waals surface area (Å²) in [6, 6.07) is 0. The van der Waals surface area contributed by atoms with Crippen LogP contribution in [-0.2, 0) is 33.3 Å². The van der Waals surface area contributed by atoms with Crippen molar-refractivity contribution in [2.24, 2.45) is 17.3 Å². The van der Waals surface area contributed by atoms with Crippen molar-refractivity contribution in [3.05, 3.63) is 11.6 Å². The molecule has 0 amide bonds. The predicted molar refractivity (Wildman–Crippen MR) is 114 cm³/mol. The highest BCUT2D eigenvalue weighted by Crippen LogP contribution is 2.64. The molecule has 2 heterocycles. The first-order valence-corrected chi connectivity index (χ1v) is 11.6. The molecule has 0 aromatic heterocycles. The molecule has 9 heteroatoms. The van der Waals surface area contributed by atoms with Crippen LogP contribution >= 0.6 is 0 Å². The molecule has 0 bridgehead atoms. The summed E-state index contributed by atoms with van der Waals surface area (Å²) < 4.78 is 23.1. The van der Waals surface area contributed by atoms with Gasteiger partial charge in [0.1, 0.15) is 12.2 Å². The first-order valence-electron chi connectivity index (χ1n) is 11.6. The molecule has 0 aromatic rings. The van der Waals surface area contributed by atoms with Crippen molar-refractivity contribution in [2.75, 3.05) is 0 Å². The normalized spacial score (nSPS) is 50.5.